The Balaban J connectivity index is 2.15. The number of allylic oxidation sites excluding steroid dienone is 2. The standard InChI is InChI=1S/C12H13I/c1-2-3-10-8-12(10)9-4-6-11(13)7-5-9/h4-7H,2-3,8H2,1H3. The van der Waals surface area contributed by atoms with E-state index in [0.29, 0.717) is 0 Å². The van der Waals surface area contributed by atoms with Crippen molar-refractivity contribution < 1.29 is 0 Å². The number of rotatable bonds is 3. The van der Waals surface area contributed by atoms with Gasteiger partial charge in [-0.25, -0.2) is 0 Å². The van der Waals surface area contributed by atoms with E-state index in [1.807, 2.05) is 0 Å². The second-order valence-electron chi connectivity index (χ2n) is 3.52. The van der Waals surface area contributed by atoms with Crippen LogP contribution in [0.15, 0.2) is 29.8 Å². The van der Waals surface area contributed by atoms with E-state index in [4.69, 9.17) is 0 Å². The van der Waals surface area contributed by atoms with Crippen LogP contribution in [0.3, 0.4) is 0 Å². The van der Waals surface area contributed by atoms with Crippen molar-refractivity contribution in [3.05, 3.63) is 39.0 Å². The van der Waals surface area contributed by atoms with Crippen LogP contribution in [0.25, 0.3) is 5.57 Å². The smallest absolute Gasteiger partial charge is 0.0130 e. The Hall–Kier alpha value is -0.310. The highest BCUT2D eigenvalue weighted by Gasteiger charge is 2.21. The zero-order valence-electron chi connectivity index (χ0n) is 7.81. The molecule has 0 aromatic heterocycles. The fourth-order valence-electron chi connectivity index (χ4n) is 1.67. The van der Waals surface area contributed by atoms with E-state index >= 15 is 0 Å². The maximum atomic E-state index is 2.35. The molecule has 0 spiro atoms. The molecule has 0 bridgehead atoms. The molecule has 0 atom stereocenters. The van der Waals surface area contributed by atoms with Gasteiger partial charge in [-0.15, -0.1) is 0 Å². The van der Waals surface area contributed by atoms with Gasteiger partial charge < -0.3 is 0 Å². The molecule has 0 fully saturated rings. The molecule has 0 amide bonds. The van der Waals surface area contributed by atoms with Crippen molar-refractivity contribution in [3.63, 3.8) is 0 Å². The molecular formula is C12H13I. The Morgan fingerprint density at radius 3 is 2.54 bits per heavy atom. The minimum absolute atomic E-state index is 1.26. The Morgan fingerprint density at radius 1 is 1.23 bits per heavy atom. The van der Waals surface area contributed by atoms with E-state index in [1.54, 1.807) is 11.1 Å². The van der Waals surface area contributed by atoms with Crippen LogP contribution in [0.5, 0.6) is 0 Å². The van der Waals surface area contributed by atoms with Gasteiger partial charge in [-0.05, 0) is 58.7 Å². The van der Waals surface area contributed by atoms with Gasteiger partial charge in [-0.3, -0.25) is 0 Å². The molecule has 1 aromatic carbocycles. The highest BCUT2D eigenvalue weighted by Crippen LogP contribution is 2.42. The average Bonchev–Trinajstić information content (AvgIpc) is 2.86. The van der Waals surface area contributed by atoms with E-state index in [1.165, 1.54) is 28.4 Å². The Bertz CT molecular complexity index is 333. The van der Waals surface area contributed by atoms with Gasteiger partial charge in [-0.2, -0.15) is 0 Å². The molecule has 1 aliphatic rings. The Labute approximate surface area is 93.2 Å². The van der Waals surface area contributed by atoms with Crippen LogP contribution in [-0.4, -0.2) is 0 Å². The monoisotopic (exact) mass is 284 g/mol. The molecule has 0 aliphatic heterocycles. The summed E-state index contributed by atoms with van der Waals surface area (Å²) in [6, 6.07) is 8.84. The third-order valence-corrected chi connectivity index (χ3v) is 3.16. The summed E-state index contributed by atoms with van der Waals surface area (Å²) in [6.45, 7) is 2.25. The molecule has 68 valence electrons. The van der Waals surface area contributed by atoms with Crippen LogP contribution in [-0.2, 0) is 0 Å². The lowest BCUT2D eigenvalue weighted by molar-refractivity contribution is 0.928. The van der Waals surface area contributed by atoms with Crippen molar-refractivity contribution in [1.82, 2.24) is 0 Å². The van der Waals surface area contributed by atoms with E-state index in [-0.39, 0.29) is 0 Å². The molecule has 2 rings (SSSR count). The first kappa shape index (κ1) is 9.25. The lowest BCUT2D eigenvalue weighted by Gasteiger charge is -1.93. The minimum atomic E-state index is 1.26. The van der Waals surface area contributed by atoms with Crippen LogP contribution in [0.4, 0.5) is 0 Å². The summed E-state index contributed by atoms with van der Waals surface area (Å²) in [5, 5.41) is 0. The molecule has 0 radical (unpaired) electrons. The molecule has 0 saturated carbocycles. The zero-order valence-corrected chi connectivity index (χ0v) is 9.97. The Kier molecular flexibility index (Phi) is 2.72. The lowest BCUT2D eigenvalue weighted by Crippen LogP contribution is -1.73. The quantitative estimate of drug-likeness (QED) is 0.728. The van der Waals surface area contributed by atoms with Crippen molar-refractivity contribution in [1.29, 1.82) is 0 Å². The molecule has 0 N–H and O–H groups in total. The predicted octanol–water partition coefficient (Wildman–Crippen LogP) is 4.25. The van der Waals surface area contributed by atoms with Crippen molar-refractivity contribution in [2.75, 3.05) is 0 Å². The number of benzene rings is 1. The van der Waals surface area contributed by atoms with Gasteiger partial charge in [0, 0.05) is 3.57 Å². The zero-order chi connectivity index (χ0) is 9.26. The molecular weight excluding hydrogens is 271 g/mol. The van der Waals surface area contributed by atoms with Gasteiger partial charge >= 0.3 is 0 Å². The molecule has 0 saturated heterocycles. The van der Waals surface area contributed by atoms with Crippen molar-refractivity contribution in [2.45, 2.75) is 26.2 Å². The molecule has 1 heteroatoms. The van der Waals surface area contributed by atoms with Crippen LogP contribution >= 0.6 is 22.6 Å². The van der Waals surface area contributed by atoms with Crippen LogP contribution in [0.2, 0.25) is 0 Å². The summed E-state index contributed by atoms with van der Waals surface area (Å²) in [5.74, 6) is 0. The van der Waals surface area contributed by atoms with Gasteiger partial charge in [0.2, 0.25) is 0 Å². The summed E-state index contributed by atoms with van der Waals surface area (Å²) in [6.07, 6.45) is 3.83. The summed E-state index contributed by atoms with van der Waals surface area (Å²) >= 11 is 2.35. The second-order valence-corrected chi connectivity index (χ2v) is 4.76. The highest BCUT2D eigenvalue weighted by molar-refractivity contribution is 14.1. The Morgan fingerprint density at radius 2 is 1.92 bits per heavy atom. The molecule has 1 aliphatic carbocycles. The topological polar surface area (TPSA) is 0 Å². The molecule has 0 nitrogen and oxygen atoms in total. The maximum Gasteiger partial charge on any atom is 0.0130 e. The predicted molar refractivity (Wildman–Crippen MR) is 65.6 cm³/mol. The van der Waals surface area contributed by atoms with Crippen molar-refractivity contribution in [2.24, 2.45) is 0 Å². The number of halogens is 1. The number of hydrogen-bond donors (Lipinski definition) is 0. The van der Waals surface area contributed by atoms with Crippen molar-refractivity contribution >= 4 is 28.2 Å². The van der Waals surface area contributed by atoms with Gasteiger partial charge in [-0.1, -0.05) is 31.1 Å². The van der Waals surface area contributed by atoms with E-state index in [9.17, 15) is 0 Å². The summed E-state index contributed by atoms with van der Waals surface area (Å²) in [7, 11) is 0. The second kappa shape index (κ2) is 3.82. The first-order valence-corrected chi connectivity index (χ1v) is 5.86. The third kappa shape index (κ3) is 2.13. The normalized spacial score (nSPS) is 14.9. The largest absolute Gasteiger partial charge is 0.0651 e. The van der Waals surface area contributed by atoms with Gasteiger partial charge in [0.25, 0.3) is 0 Å². The lowest BCUT2D eigenvalue weighted by atomic mass is 10.2. The third-order valence-electron chi connectivity index (χ3n) is 2.44. The first-order valence-electron chi connectivity index (χ1n) is 4.78. The van der Waals surface area contributed by atoms with Crippen LogP contribution in [0, 0.1) is 3.57 Å². The van der Waals surface area contributed by atoms with Crippen LogP contribution in [0.1, 0.15) is 31.7 Å². The SMILES string of the molecule is CCCC1=C(c2ccc(I)cc2)C1. The average molecular weight is 284 g/mol. The minimum Gasteiger partial charge on any atom is -0.0651 e. The highest BCUT2D eigenvalue weighted by atomic mass is 127. The molecule has 0 unspecified atom stereocenters. The fraction of sp³-hybridized carbons (Fsp3) is 0.333. The van der Waals surface area contributed by atoms with E-state index in [0.717, 1.165) is 0 Å². The summed E-state index contributed by atoms with van der Waals surface area (Å²) in [4.78, 5) is 0. The van der Waals surface area contributed by atoms with Gasteiger partial charge in [0.1, 0.15) is 0 Å². The van der Waals surface area contributed by atoms with E-state index in [2.05, 4.69) is 53.8 Å². The van der Waals surface area contributed by atoms with Crippen molar-refractivity contribution in [3.8, 4) is 0 Å². The number of hydrogen-bond acceptors (Lipinski definition) is 0. The van der Waals surface area contributed by atoms with Crippen LogP contribution < -0.4 is 0 Å². The molecule has 13 heavy (non-hydrogen) atoms. The maximum absolute atomic E-state index is 2.35. The van der Waals surface area contributed by atoms with Gasteiger partial charge in [0.15, 0.2) is 0 Å². The summed E-state index contributed by atoms with van der Waals surface area (Å²) < 4.78 is 1.32. The van der Waals surface area contributed by atoms with E-state index < -0.39 is 0 Å². The van der Waals surface area contributed by atoms with Gasteiger partial charge in [0.05, 0.1) is 0 Å². The first-order chi connectivity index (χ1) is 6.31. The summed E-state index contributed by atoms with van der Waals surface area (Å²) in [5.41, 5.74) is 4.70. The fourth-order valence-corrected chi connectivity index (χ4v) is 2.03. The molecule has 0 heterocycles. The molecule has 1 aromatic rings.